The molecule has 1 saturated heterocycles. The zero-order chi connectivity index (χ0) is 17.1. The van der Waals surface area contributed by atoms with Gasteiger partial charge in [-0.1, -0.05) is 30.3 Å². The summed E-state index contributed by atoms with van der Waals surface area (Å²) in [5.74, 6) is 0.749. The summed E-state index contributed by atoms with van der Waals surface area (Å²) < 4.78 is 1.64. The fourth-order valence-electron chi connectivity index (χ4n) is 3.21. The van der Waals surface area contributed by atoms with Gasteiger partial charge in [0.2, 0.25) is 5.95 Å². The van der Waals surface area contributed by atoms with E-state index in [1.54, 1.807) is 29.2 Å². The highest BCUT2D eigenvalue weighted by molar-refractivity contribution is 5.57. The highest BCUT2D eigenvalue weighted by Gasteiger charge is 2.23. The van der Waals surface area contributed by atoms with Crippen molar-refractivity contribution in [2.75, 3.05) is 18.0 Å². The molecule has 0 atom stereocenters. The van der Waals surface area contributed by atoms with E-state index >= 15 is 0 Å². The van der Waals surface area contributed by atoms with Crippen LogP contribution in [0.25, 0.3) is 11.3 Å². The molecule has 0 amide bonds. The number of benzene rings is 1. The van der Waals surface area contributed by atoms with Crippen molar-refractivity contribution in [3.05, 3.63) is 71.3 Å². The smallest absolute Gasteiger partial charge is 0.267 e. The van der Waals surface area contributed by atoms with Gasteiger partial charge in [0.15, 0.2) is 0 Å². The van der Waals surface area contributed by atoms with E-state index in [1.165, 1.54) is 0 Å². The van der Waals surface area contributed by atoms with Gasteiger partial charge < -0.3 is 4.90 Å². The third kappa shape index (κ3) is 3.28. The number of aromatic nitrogens is 4. The second kappa shape index (κ2) is 6.84. The molecule has 1 aliphatic rings. The van der Waals surface area contributed by atoms with Crippen LogP contribution in [-0.4, -0.2) is 32.8 Å². The quantitative estimate of drug-likeness (QED) is 0.737. The van der Waals surface area contributed by atoms with E-state index in [2.05, 4.69) is 20.0 Å². The number of hydrogen-bond acceptors (Lipinski definition) is 5. The van der Waals surface area contributed by atoms with Crippen molar-refractivity contribution in [2.24, 2.45) is 0 Å². The highest BCUT2D eigenvalue weighted by Crippen LogP contribution is 2.23. The van der Waals surface area contributed by atoms with Crippen LogP contribution in [0.1, 0.15) is 18.9 Å². The average Bonchev–Trinajstić information content (AvgIpc) is 2.70. The maximum absolute atomic E-state index is 12.3. The molecule has 0 bridgehead atoms. The van der Waals surface area contributed by atoms with Crippen LogP contribution in [0.3, 0.4) is 0 Å². The van der Waals surface area contributed by atoms with Gasteiger partial charge in [0.05, 0.1) is 11.7 Å². The van der Waals surface area contributed by atoms with Gasteiger partial charge in [-0.3, -0.25) is 4.79 Å². The molecule has 0 spiro atoms. The summed E-state index contributed by atoms with van der Waals surface area (Å²) in [4.78, 5) is 23.1. The Labute approximate surface area is 145 Å². The van der Waals surface area contributed by atoms with Gasteiger partial charge in [-0.05, 0) is 25.0 Å². The van der Waals surface area contributed by atoms with Gasteiger partial charge in [-0.25, -0.2) is 14.6 Å². The molecule has 126 valence electrons. The number of piperidine rings is 1. The van der Waals surface area contributed by atoms with Crippen LogP contribution < -0.4 is 10.5 Å². The molecule has 0 saturated carbocycles. The summed E-state index contributed by atoms with van der Waals surface area (Å²) in [6.07, 6.45) is 5.21. The third-order valence-electron chi connectivity index (χ3n) is 4.54. The van der Waals surface area contributed by atoms with E-state index in [1.807, 2.05) is 36.4 Å². The molecule has 3 heterocycles. The Bertz CT molecular complexity index is 886. The molecule has 1 aromatic carbocycles. The molecule has 1 aliphatic heterocycles. The fraction of sp³-hybridized carbons (Fsp3) is 0.263. The average molecular weight is 333 g/mol. The molecule has 1 fully saturated rings. The molecular formula is C19H19N5O. The lowest BCUT2D eigenvalue weighted by molar-refractivity contribution is 0.352. The van der Waals surface area contributed by atoms with Crippen LogP contribution in [0.15, 0.2) is 65.7 Å². The van der Waals surface area contributed by atoms with Crippen molar-refractivity contribution in [3.63, 3.8) is 0 Å². The number of anilines is 1. The van der Waals surface area contributed by atoms with E-state index in [4.69, 9.17) is 0 Å². The summed E-state index contributed by atoms with van der Waals surface area (Å²) in [5, 5.41) is 4.62. The number of nitrogens with zero attached hydrogens (tertiary/aromatic N) is 5. The van der Waals surface area contributed by atoms with Crippen LogP contribution >= 0.6 is 0 Å². The molecule has 0 aliphatic carbocycles. The van der Waals surface area contributed by atoms with Gasteiger partial charge in [0, 0.05) is 37.1 Å². The van der Waals surface area contributed by atoms with Crippen LogP contribution in [0.5, 0.6) is 0 Å². The molecule has 0 N–H and O–H groups in total. The van der Waals surface area contributed by atoms with Crippen LogP contribution in [0.2, 0.25) is 0 Å². The Morgan fingerprint density at radius 1 is 0.880 bits per heavy atom. The van der Waals surface area contributed by atoms with Gasteiger partial charge >= 0.3 is 0 Å². The minimum Gasteiger partial charge on any atom is -0.341 e. The molecule has 0 unspecified atom stereocenters. The van der Waals surface area contributed by atoms with E-state index < -0.39 is 0 Å². The largest absolute Gasteiger partial charge is 0.341 e. The third-order valence-corrected chi connectivity index (χ3v) is 4.54. The topological polar surface area (TPSA) is 63.9 Å². The number of rotatable bonds is 3. The first-order valence-electron chi connectivity index (χ1n) is 8.48. The normalized spacial score (nSPS) is 15.3. The molecule has 25 heavy (non-hydrogen) atoms. The Kier molecular flexibility index (Phi) is 4.24. The Balaban J connectivity index is 1.54. The van der Waals surface area contributed by atoms with Crippen LogP contribution in [0.4, 0.5) is 5.95 Å². The van der Waals surface area contributed by atoms with Gasteiger partial charge in [0.25, 0.3) is 5.56 Å². The van der Waals surface area contributed by atoms with E-state index in [0.29, 0.717) is 0 Å². The summed E-state index contributed by atoms with van der Waals surface area (Å²) in [5.41, 5.74) is 1.80. The zero-order valence-electron chi connectivity index (χ0n) is 13.8. The predicted molar refractivity (Wildman–Crippen MR) is 96.4 cm³/mol. The summed E-state index contributed by atoms with van der Waals surface area (Å²) >= 11 is 0. The molecule has 6 nitrogen and oxygen atoms in total. The molecule has 0 radical (unpaired) electrons. The minimum absolute atomic E-state index is 0.0471. The Morgan fingerprint density at radius 3 is 2.32 bits per heavy atom. The minimum atomic E-state index is -0.0471. The first-order chi connectivity index (χ1) is 12.3. The fourth-order valence-corrected chi connectivity index (χ4v) is 3.21. The van der Waals surface area contributed by atoms with E-state index in [0.717, 1.165) is 43.1 Å². The van der Waals surface area contributed by atoms with Crippen LogP contribution in [0, 0.1) is 0 Å². The first kappa shape index (κ1) is 15.5. The number of hydrogen-bond donors (Lipinski definition) is 0. The first-order valence-corrected chi connectivity index (χ1v) is 8.48. The van der Waals surface area contributed by atoms with Gasteiger partial charge in [-0.15, -0.1) is 0 Å². The molecular weight excluding hydrogens is 314 g/mol. The van der Waals surface area contributed by atoms with Crippen molar-refractivity contribution in [3.8, 4) is 11.3 Å². The SMILES string of the molecule is O=c1ccc(-c2ccccc2)nn1C1CCN(c2ncccn2)CC1. The van der Waals surface area contributed by atoms with Crippen LogP contribution in [-0.2, 0) is 0 Å². The van der Waals surface area contributed by atoms with Crippen molar-refractivity contribution in [1.82, 2.24) is 19.7 Å². The lowest BCUT2D eigenvalue weighted by Crippen LogP contribution is -2.39. The van der Waals surface area contributed by atoms with Crippen molar-refractivity contribution in [2.45, 2.75) is 18.9 Å². The van der Waals surface area contributed by atoms with Crippen molar-refractivity contribution < 1.29 is 0 Å². The summed E-state index contributed by atoms with van der Waals surface area (Å²) in [6, 6.07) is 15.3. The summed E-state index contributed by atoms with van der Waals surface area (Å²) in [6.45, 7) is 1.64. The second-order valence-electron chi connectivity index (χ2n) is 6.13. The lowest BCUT2D eigenvalue weighted by atomic mass is 10.1. The van der Waals surface area contributed by atoms with Gasteiger partial charge in [-0.2, -0.15) is 5.10 Å². The van der Waals surface area contributed by atoms with Crippen molar-refractivity contribution >= 4 is 5.95 Å². The molecule has 6 heteroatoms. The Morgan fingerprint density at radius 2 is 1.60 bits per heavy atom. The van der Waals surface area contributed by atoms with E-state index in [-0.39, 0.29) is 11.6 Å². The maximum Gasteiger partial charge on any atom is 0.267 e. The zero-order valence-corrected chi connectivity index (χ0v) is 13.8. The van der Waals surface area contributed by atoms with E-state index in [9.17, 15) is 4.79 Å². The summed E-state index contributed by atoms with van der Waals surface area (Å²) in [7, 11) is 0. The monoisotopic (exact) mass is 333 g/mol. The molecule has 4 rings (SSSR count). The lowest BCUT2D eigenvalue weighted by Gasteiger charge is -2.32. The molecule has 2 aromatic heterocycles. The second-order valence-corrected chi connectivity index (χ2v) is 6.13. The maximum atomic E-state index is 12.3. The van der Waals surface area contributed by atoms with Crippen molar-refractivity contribution in [1.29, 1.82) is 0 Å². The Hall–Kier alpha value is -3.02. The van der Waals surface area contributed by atoms with Gasteiger partial charge in [0.1, 0.15) is 0 Å². The highest BCUT2D eigenvalue weighted by atomic mass is 16.1. The predicted octanol–water partition coefficient (Wildman–Crippen LogP) is 2.54. The standard InChI is InChI=1S/C19H19N5O/c25-18-8-7-17(15-5-2-1-3-6-15)22-24(18)16-9-13-23(14-10-16)19-20-11-4-12-21-19/h1-8,11-12,16H,9-10,13-14H2. The molecule has 3 aromatic rings.